The monoisotopic (exact) mass is 444 g/mol. The number of nitrogens with zero attached hydrogens (tertiary/aromatic N) is 4. The van der Waals surface area contributed by atoms with Crippen LogP contribution in [0.1, 0.15) is 19.8 Å². The molecule has 2 aliphatic rings. The first-order valence-corrected chi connectivity index (χ1v) is 11.7. The fraction of sp³-hybridized carbons (Fsp3) is 0.385. The van der Waals surface area contributed by atoms with Gasteiger partial charge in [0.25, 0.3) is 0 Å². The molecule has 0 saturated carbocycles. The van der Waals surface area contributed by atoms with Gasteiger partial charge in [-0.05, 0) is 30.3 Å². The van der Waals surface area contributed by atoms with Gasteiger partial charge in [-0.15, -0.1) is 0 Å². The van der Waals surface area contributed by atoms with Gasteiger partial charge in [0.15, 0.2) is 0 Å². The molecule has 7 nitrogen and oxygen atoms in total. The van der Waals surface area contributed by atoms with E-state index in [9.17, 15) is 0 Å². The summed E-state index contributed by atoms with van der Waals surface area (Å²) in [5.74, 6) is 1.71. The average Bonchev–Trinajstić information content (AvgIpc) is 3.25. The zero-order valence-electron chi connectivity index (χ0n) is 19.0. The second kappa shape index (κ2) is 8.01. The largest absolute Gasteiger partial charge is 0.493 e. The molecule has 4 aromatic rings. The lowest BCUT2D eigenvalue weighted by Crippen LogP contribution is -2.64. The van der Waals surface area contributed by atoms with E-state index in [-0.39, 0.29) is 5.41 Å². The molecule has 2 aromatic carbocycles. The molecule has 0 unspecified atom stereocenters. The minimum absolute atomic E-state index is 0.115. The number of anilines is 1. The molecule has 7 heteroatoms. The maximum absolute atomic E-state index is 6.03. The normalized spacial score (nSPS) is 18.5. The molecule has 2 aliphatic heterocycles. The number of imidazole rings is 1. The van der Waals surface area contributed by atoms with Crippen LogP contribution in [0, 0.1) is 5.41 Å². The van der Waals surface area contributed by atoms with Gasteiger partial charge in [-0.3, -0.25) is 4.57 Å². The number of aromatic nitrogens is 3. The highest BCUT2D eigenvalue weighted by Gasteiger charge is 2.34. The summed E-state index contributed by atoms with van der Waals surface area (Å²) >= 11 is 0. The van der Waals surface area contributed by atoms with E-state index in [0.717, 1.165) is 72.6 Å². The molecule has 6 rings (SSSR count). The number of quaternary nitrogens is 1. The fourth-order valence-corrected chi connectivity index (χ4v) is 4.74. The highest BCUT2D eigenvalue weighted by Crippen LogP contribution is 2.31. The number of rotatable bonds is 5. The smallest absolute Gasteiger partial charge is 0.139 e. The zero-order valence-corrected chi connectivity index (χ0v) is 19.0. The molecular formula is C26H30N5O2+. The van der Waals surface area contributed by atoms with Crippen molar-refractivity contribution in [1.82, 2.24) is 14.5 Å². The number of pyridine rings is 1. The van der Waals surface area contributed by atoms with E-state index < -0.39 is 0 Å². The third-order valence-corrected chi connectivity index (χ3v) is 6.89. The molecular weight excluding hydrogens is 414 g/mol. The van der Waals surface area contributed by atoms with Gasteiger partial charge in [-0.2, -0.15) is 0 Å². The minimum atomic E-state index is 0.115. The van der Waals surface area contributed by atoms with Crippen LogP contribution in [0.25, 0.3) is 27.8 Å². The summed E-state index contributed by atoms with van der Waals surface area (Å²) in [5.41, 5.74) is 8.51. The van der Waals surface area contributed by atoms with Gasteiger partial charge in [0, 0.05) is 42.8 Å². The molecule has 0 radical (unpaired) electrons. The Labute approximate surface area is 193 Å². The van der Waals surface area contributed by atoms with Crippen molar-refractivity contribution in [2.75, 3.05) is 37.8 Å². The number of fused-ring (bicyclic) bond motifs is 2. The molecule has 2 saturated heterocycles. The maximum atomic E-state index is 6.03. The summed E-state index contributed by atoms with van der Waals surface area (Å²) in [6.07, 6.45) is 4.10. The summed E-state index contributed by atoms with van der Waals surface area (Å²) in [4.78, 5) is 12.2. The van der Waals surface area contributed by atoms with Crippen LogP contribution in [0.2, 0.25) is 0 Å². The predicted molar refractivity (Wildman–Crippen MR) is 129 cm³/mol. The lowest BCUT2D eigenvalue weighted by Gasteiger charge is -2.37. The minimum Gasteiger partial charge on any atom is -0.493 e. The van der Waals surface area contributed by atoms with Crippen LogP contribution in [0.5, 0.6) is 5.75 Å². The van der Waals surface area contributed by atoms with Crippen LogP contribution in [0.3, 0.4) is 0 Å². The van der Waals surface area contributed by atoms with E-state index in [1.807, 2.05) is 18.5 Å². The quantitative estimate of drug-likeness (QED) is 0.511. The lowest BCUT2D eigenvalue weighted by molar-refractivity contribution is -0.423. The second-order valence-corrected chi connectivity index (χ2v) is 9.81. The number of hydrogen-bond donors (Lipinski definition) is 1. The van der Waals surface area contributed by atoms with Gasteiger partial charge in [0.2, 0.25) is 0 Å². The molecule has 170 valence electrons. The number of para-hydroxylation sites is 1. The maximum Gasteiger partial charge on any atom is 0.139 e. The van der Waals surface area contributed by atoms with Crippen molar-refractivity contribution in [2.45, 2.75) is 25.8 Å². The fourth-order valence-electron chi connectivity index (χ4n) is 4.74. The Kier molecular flexibility index (Phi) is 4.96. The van der Waals surface area contributed by atoms with Crippen molar-refractivity contribution in [2.24, 2.45) is 5.41 Å². The Morgan fingerprint density at radius 1 is 1.12 bits per heavy atom. The van der Waals surface area contributed by atoms with E-state index in [1.54, 1.807) is 0 Å². The van der Waals surface area contributed by atoms with E-state index in [1.165, 1.54) is 5.69 Å². The van der Waals surface area contributed by atoms with Crippen LogP contribution in [-0.2, 0) is 4.74 Å². The molecule has 2 fully saturated rings. The van der Waals surface area contributed by atoms with Crippen molar-refractivity contribution in [3.63, 3.8) is 0 Å². The third-order valence-electron chi connectivity index (χ3n) is 6.89. The summed E-state index contributed by atoms with van der Waals surface area (Å²) in [5, 5.41) is 1.15. The Hall–Kier alpha value is -3.16. The standard InChI is InChI=1S/C26H29N5O2/c1-26(14-32-15-26)16-33-20-6-7-22-21(13-20)28-17-31(22)24-8-5-18-3-2-4-23(25(18)29-24)30-11-9-19(27)10-12-30/h2-8,13,17,19H,9-12,14-16,27H2,1H3/p+1. The van der Waals surface area contributed by atoms with E-state index in [4.69, 9.17) is 14.5 Å². The van der Waals surface area contributed by atoms with Gasteiger partial charge in [0.1, 0.15) is 17.9 Å². The van der Waals surface area contributed by atoms with Crippen LogP contribution >= 0.6 is 0 Å². The molecule has 3 N–H and O–H groups in total. The molecule has 0 spiro atoms. The van der Waals surface area contributed by atoms with Crippen molar-refractivity contribution < 1.29 is 15.2 Å². The highest BCUT2D eigenvalue weighted by molar-refractivity contribution is 5.92. The van der Waals surface area contributed by atoms with Crippen molar-refractivity contribution in [3.8, 4) is 11.6 Å². The topological polar surface area (TPSA) is 80.0 Å². The SMILES string of the molecule is CC1(COc2ccc3c(c2)ncn3-c2ccc3cccc(N4CCC([NH3+])CC4)c3n2)COC1. The van der Waals surface area contributed by atoms with Gasteiger partial charge in [0.05, 0.1) is 48.1 Å². The highest BCUT2D eigenvalue weighted by atomic mass is 16.5. The Morgan fingerprint density at radius 2 is 1.97 bits per heavy atom. The number of ether oxygens (including phenoxy) is 2. The third kappa shape index (κ3) is 3.81. The summed E-state index contributed by atoms with van der Waals surface area (Å²) in [6.45, 7) is 6.41. The summed E-state index contributed by atoms with van der Waals surface area (Å²) in [6, 6.07) is 17.3. The number of hydrogen-bond acceptors (Lipinski definition) is 5. The van der Waals surface area contributed by atoms with Gasteiger partial charge in [-0.25, -0.2) is 9.97 Å². The average molecular weight is 445 g/mol. The molecule has 0 amide bonds. The lowest BCUT2D eigenvalue weighted by atomic mass is 9.90. The first-order chi connectivity index (χ1) is 16.1. The van der Waals surface area contributed by atoms with E-state index in [0.29, 0.717) is 12.6 Å². The Balaban J connectivity index is 1.32. The van der Waals surface area contributed by atoms with Crippen LogP contribution < -0.4 is 15.4 Å². The molecule has 0 bridgehead atoms. The Morgan fingerprint density at radius 3 is 2.76 bits per heavy atom. The van der Waals surface area contributed by atoms with Gasteiger partial charge in [-0.1, -0.05) is 19.1 Å². The van der Waals surface area contributed by atoms with E-state index in [2.05, 4.69) is 63.5 Å². The summed E-state index contributed by atoms with van der Waals surface area (Å²) in [7, 11) is 0. The van der Waals surface area contributed by atoms with Crippen molar-refractivity contribution in [1.29, 1.82) is 0 Å². The Bertz CT molecular complexity index is 1300. The number of piperidine rings is 1. The molecule has 4 heterocycles. The number of benzene rings is 2. The molecule has 0 atom stereocenters. The van der Waals surface area contributed by atoms with Gasteiger partial charge < -0.3 is 20.1 Å². The molecule has 33 heavy (non-hydrogen) atoms. The second-order valence-electron chi connectivity index (χ2n) is 9.81. The van der Waals surface area contributed by atoms with Crippen LogP contribution in [0.15, 0.2) is 54.9 Å². The first kappa shape index (κ1) is 20.4. The first-order valence-electron chi connectivity index (χ1n) is 11.7. The van der Waals surface area contributed by atoms with Gasteiger partial charge >= 0.3 is 0 Å². The van der Waals surface area contributed by atoms with Crippen molar-refractivity contribution in [3.05, 3.63) is 54.9 Å². The predicted octanol–water partition coefficient (Wildman–Crippen LogP) is 3.20. The van der Waals surface area contributed by atoms with Crippen molar-refractivity contribution >= 4 is 27.6 Å². The molecule has 0 aliphatic carbocycles. The molecule has 2 aromatic heterocycles. The van der Waals surface area contributed by atoms with E-state index >= 15 is 0 Å². The summed E-state index contributed by atoms with van der Waals surface area (Å²) < 4.78 is 13.4. The van der Waals surface area contributed by atoms with Crippen LogP contribution in [-0.4, -0.2) is 53.5 Å². The van der Waals surface area contributed by atoms with Crippen LogP contribution in [0.4, 0.5) is 5.69 Å². The zero-order chi connectivity index (χ0) is 22.4.